The van der Waals surface area contributed by atoms with Crippen LogP contribution < -0.4 is 5.32 Å². The van der Waals surface area contributed by atoms with E-state index in [-0.39, 0.29) is 0 Å². The fourth-order valence-corrected chi connectivity index (χ4v) is 2.67. The monoisotopic (exact) mass is 305 g/mol. The highest BCUT2D eigenvalue weighted by Gasteiger charge is 2.24. The van der Waals surface area contributed by atoms with E-state index in [1.165, 1.54) is 0 Å². The maximum absolute atomic E-state index is 4.69. The Labute approximate surface area is 115 Å². The van der Waals surface area contributed by atoms with Gasteiger partial charge in [-0.3, -0.25) is 0 Å². The Morgan fingerprint density at radius 3 is 2.72 bits per heavy atom. The second-order valence-corrected chi connectivity index (χ2v) is 5.90. The summed E-state index contributed by atoms with van der Waals surface area (Å²) in [5, 5.41) is 3.50. The van der Waals surface area contributed by atoms with Crippen LogP contribution >= 0.6 is 15.9 Å². The molecule has 3 rings (SSSR count). The molecular weight excluding hydrogens is 290 g/mol. The van der Waals surface area contributed by atoms with Crippen molar-refractivity contribution in [2.45, 2.75) is 19.4 Å². The van der Waals surface area contributed by atoms with Gasteiger partial charge in [-0.25, -0.2) is 4.98 Å². The Bertz CT molecular complexity index is 532. The molecule has 2 atom stereocenters. The zero-order chi connectivity index (χ0) is 12.5. The van der Waals surface area contributed by atoms with E-state index in [1.807, 2.05) is 18.3 Å². The van der Waals surface area contributed by atoms with Gasteiger partial charge in [0.2, 0.25) is 0 Å². The van der Waals surface area contributed by atoms with Gasteiger partial charge in [0, 0.05) is 16.2 Å². The molecule has 3 nitrogen and oxygen atoms in total. The number of halogens is 1. The predicted octanol–water partition coefficient (Wildman–Crippen LogP) is 3.51. The Balaban J connectivity index is 1.83. The predicted molar refractivity (Wildman–Crippen MR) is 76.2 cm³/mol. The van der Waals surface area contributed by atoms with Crippen LogP contribution in [0.25, 0.3) is 11.3 Å². The van der Waals surface area contributed by atoms with Crippen LogP contribution in [-0.2, 0) is 0 Å². The van der Waals surface area contributed by atoms with Gasteiger partial charge in [-0.1, -0.05) is 35.0 Å². The van der Waals surface area contributed by atoms with E-state index in [9.17, 15) is 0 Å². The molecule has 1 aliphatic heterocycles. The normalized spacial score (nSPS) is 23.4. The molecule has 1 aliphatic rings. The third kappa shape index (κ3) is 2.35. The van der Waals surface area contributed by atoms with Crippen LogP contribution in [-0.4, -0.2) is 16.5 Å². The molecule has 1 saturated heterocycles. The van der Waals surface area contributed by atoms with Gasteiger partial charge in [-0.2, -0.15) is 0 Å². The van der Waals surface area contributed by atoms with Crippen molar-refractivity contribution in [2.24, 2.45) is 5.92 Å². The minimum Gasteiger partial charge on any atom is -0.347 e. The number of H-pyrrole nitrogens is 1. The van der Waals surface area contributed by atoms with Gasteiger partial charge in [0.15, 0.2) is 0 Å². The summed E-state index contributed by atoms with van der Waals surface area (Å²) in [6.07, 6.45) is 3.15. The van der Waals surface area contributed by atoms with Gasteiger partial charge in [0.25, 0.3) is 0 Å². The van der Waals surface area contributed by atoms with E-state index in [2.05, 4.69) is 45.3 Å². The summed E-state index contributed by atoms with van der Waals surface area (Å²) in [7, 11) is 0. The fourth-order valence-electron chi connectivity index (χ4n) is 2.40. The average molecular weight is 306 g/mol. The quantitative estimate of drug-likeness (QED) is 0.891. The largest absolute Gasteiger partial charge is 0.347 e. The van der Waals surface area contributed by atoms with Crippen LogP contribution in [0.3, 0.4) is 0 Å². The molecule has 2 aromatic rings. The number of rotatable bonds is 2. The van der Waals surface area contributed by atoms with Crippen molar-refractivity contribution in [3.8, 4) is 11.3 Å². The Hall–Kier alpha value is -1.13. The highest BCUT2D eigenvalue weighted by molar-refractivity contribution is 9.10. The maximum atomic E-state index is 4.69. The molecule has 2 N–H and O–H groups in total. The van der Waals surface area contributed by atoms with E-state index in [0.717, 1.165) is 40.4 Å². The van der Waals surface area contributed by atoms with E-state index in [4.69, 9.17) is 4.98 Å². The minimum absolute atomic E-state index is 0.379. The molecule has 4 heteroatoms. The summed E-state index contributed by atoms with van der Waals surface area (Å²) in [5.41, 5.74) is 2.16. The van der Waals surface area contributed by atoms with Gasteiger partial charge >= 0.3 is 0 Å². The number of benzene rings is 1. The Morgan fingerprint density at radius 2 is 2.06 bits per heavy atom. The zero-order valence-electron chi connectivity index (χ0n) is 10.3. The van der Waals surface area contributed by atoms with Gasteiger partial charge in [-0.05, 0) is 31.0 Å². The average Bonchev–Trinajstić information content (AvgIpc) is 2.98. The number of nitrogens with one attached hydrogen (secondary N) is 2. The van der Waals surface area contributed by atoms with Crippen molar-refractivity contribution in [3.05, 3.63) is 40.8 Å². The number of aromatic amines is 1. The molecule has 0 radical (unpaired) electrons. The lowest BCUT2D eigenvalue weighted by atomic mass is 10.1. The van der Waals surface area contributed by atoms with Crippen LogP contribution in [0.1, 0.15) is 25.2 Å². The first-order valence-electron chi connectivity index (χ1n) is 6.27. The number of nitrogens with zero attached hydrogens (tertiary/aromatic N) is 1. The van der Waals surface area contributed by atoms with Crippen LogP contribution in [0.2, 0.25) is 0 Å². The number of hydrogen-bond acceptors (Lipinski definition) is 2. The van der Waals surface area contributed by atoms with Gasteiger partial charge in [-0.15, -0.1) is 0 Å². The fraction of sp³-hybridized carbons (Fsp3) is 0.357. The summed E-state index contributed by atoms with van der Waals surface area (Å²) in [6, 6.07) is 8.62. The molecule has 1 aromatic heterocycles. The standard InChI is InChI=1S/C14H16BrN3/c1-9-6-12(16-7-9)14-17-8-13(18-14)10-2-4-11(15)5-3-10/h2-5,8-9,12,16H,6-7H2,1H3,(H,17,18). The molecule has 0 saturated carbocycles. The first-order chi connectivity index (χ1) is 8.72. The van der Waals surface area contributed by atoms with Gasteiger partial charge in [0.05, 0.1) is 11.7 Å². The molecular formula is C14H16BrN3. The lowest BCUT2D eigenvalue weighted by molar-refractivity contribution is 0.588. The minimum atomic E-state index is 0.379. The van der Waals surface area contributed by atoms with E-state index < -0.39 is 0 Å². The van der Waals surface area contributed by atoms with Crippen LogP contribution in [0.15, 0.2) is 34.9 Å². The van der Waals surface area contributed by atoms with Crippen molar-refractivity contribution < 1.29 is 0 Å². The Morgan fingerprint density at radius 1 is 1.28 bits per heavy atom. The molecule has 18 heavy (non-hydrogen) atoms. The highest BCUT2D eigenvalue weighted by atomic mass is 79.9. The first kappa shape index (κ1) is 11.9. The van der Waals surface area contributed by atoms with E-state index >= 15 is 0 Å². The number of imidazole rings is 1. The van der Waals surface area contributed by atoms with Crippen molar-refractivity contribution in [1.82, 2.24) is 15.3 Å². The summed E-state index contributed by atoms with van der Waals surface area (Å²) in [5.74, 6) is 1.79. The zero-order valence-corrected chi connectivity index (χ0v) is 11.9. The van der Waals surface area contributed by atoms with Gasteiger partial charge in [0.1, 0.15) is 5.82 Å². The lowest BCUT2D eigenvalue weighted by Crippen LogP contribution is -2.14. The third-order valence-corrected chi connectivity index (χ3v) is 3.95. The molecule has 94 valence electrons. The smallest absolute Gasteiger partial charge is 0.124 e. The molecule has 0 bridgehead atoms. The first-order valence-corrected chi connectivity index (χ1v) is 7.06. The van der Waals surface area contributed by atoms with Crippen molar-refractivity contribution in [2.75, 3.05) is 6.54 Å². The molecule has 0 aliphatic carbocycles. The van der Waals surface area contributed by atoms with Crippen molar-refractivity contribution in [3.63, 3.8) is 0 Å². The second kappa shape index (κ2) is 4.86. The Kier molecular flexibility index (Phi) is 3.22. The number of hydrogen-bond donors (Lipinski definition) is 2. The van der Waals surface area contributed by atoms with Crippen LogP contribution in [0.5, 0.6) is 0 Å². The topological polar surface area (TPSA) is 40.7 Å². The maximum Gasteiger partial charge on any atom is 0.124 e. The van der Waals surface area contributed by atoms with Crippen molar-refractivity contribution in [1.29, 1.82) is 0 Å². The molecule has 1 aromatic carbocycles. The molecule has 0 spiro atoms. The van der Waals surface area contributed by atoms with Gasteiger partial charge < -0.3 is 10.3 Å². The lowest BCUT2D eigenvalue weighted by Gasteiger charge is -2.05. The summed E-state index contributed by atoms with van der Waals surface area (Å²) in [4.78, 5) is 7.99. The molecule has 2 unspecified atom stereocenters. The molecule has 2 heterocycles. The van der Waals surface area contributed by atoms with Crippen LogP contribution in [0.4, 0.5) is 0 Å². The molecule has 1 fully saturated rings. The SMILES string of the molecule is CC1CNC(c2nc(-c3ccc(Br)cc3)c[nH]2)C1. The van der Waals surface area contributed by atoms with E-state index in [1.54, 1.807) is 0 Å². The summed E-state index contributed by atoms with van der Waals surface area (Å²) in [6.45, 7) is 3.35. The van der Waals surface area contributed by atoms with E-state index in [0.29, 0.717) is 6.04 Å². The summed E-state index contributed by atoms with van der Waals surface area (Å²) >= 11 is 3.45. The second-order valence-electron chi connectivity index (χ2n) is 4.98. The highest BCUT2D eigenvalue weighted by Crippen LogP contribution is 2.27. The molecule has 0 amide bonds. The van der Waals surface area contributed by atoms with Crippen LogP contribution in [0, 0.1) is 5.92 Å². The van der Waals surface area contributed by atoms with Crippen molar-refractivity contribution >= 4 is 15.9 Å². The third-order valence-electron chi connectivity index (χ3n) is 3.42. The summed E-state index contributed by atoms with van der Waals surface area (Å²) < 4.78 is 1.09. The number of aromatic nitrogens is 2.